The molecule has 0 saturated carbocycles. The summed E-state index contributed by atoms with van der Waals surface area (Å²) in [5.41, 5.74) is 0.437. The summed E-state index contributed by atoms with van der Waals surface area (Å²) < 4.78 is 0. The van der Waals surface area contributed by atoms with Gasteiger partial charge in [-0.1, -0.05) is 0 Å². The van der Waals surface area contributed by atoms with Crippen LogP contribution in [-0.2, 0) is 0 Å². The number of aromatic nitrogens is 2. The minimum Gasteiger partial charge on any atom is -0.360 e. The zero-order valence-corrected chi connectivity index (χ0v) is 7.31. The van der Waals surface area contributed by atoms with Crippen molar-refractivity contribution >= 4 is 5.82 Å². The van der Waals surface area contributed by atoms with E-state index in [0.717, 1.165) is 0 Å². The van der Waals surface area contributed by atoms with E-state index in [0.29, 0.717) is 5.82 Å². The SMILES string of the molecule is CN(C)c1nc(C#N)cnc1C#N. The van der Waals surface area contributed by atoms with Gasteiger partial charge in [0, 0.05) is 14.1 Å². The van der Waals surface area contributed by atoms with Gasteiger partial charge < -0.3 is 4.90 Å². The third kappa shape index (κ3) is 1.71. The van der Waals surface area contributed by atoms with Crippen LogP contribution in [0.15, 0.2) is 6.20 Å². The average molecular weight is 173 g/mol. The molecule has 0 radical (unpaired) electrons. The van der Waals surface area contributed by atoms with Gasteiger partial charge in [-0.3, -0.25) is 0 Å². The second-order valence-electron chi connectivity index (χ2n) is 2.55. The third-order valence-corrected chi connectivity index (χ3v) is 1.40. The van der Waals surface area contributed by atoms with Crippen LogP contribution in [0.1, 0.15) is 11.4 Å². The van der Waals surface area contributed by atoms with Gasteiger partial charge in [0.2, 0.25) is 0 Å². The Morgan fingerprint density at radius 3 is 2.46 bits per heavy atom. The fourth-order valence-corrected chi connectivity index (χ4v) is 0.824. The van der Waals surface area contributed by atoms with E-state index in [1.165, 1.54) is 6.20 Å². The molecule has 0 saturated heterocycles. The molecule has 0 amide bonds. The topological polar surface area (TPSA) is 76.6 Å². The molecule has 0 aliphatic rings. The zero-order valence-electron chi connectivity index (χ0n) is 7.31. The van der Waals surface area contributed by atoms with Gasteiger partial charge in [0.15, 0.2) is 17.2 Å². The van der Waals surface area contributed by atoms with Gasteiger partial charge in [-0.05, 0) is 0 Å². The fourth-order valence-electron chi connectivity index (χ4n) is 0.824. The Balaban J connectivity index is 3.30. The molecule has 0 spiro atoms. The van der Waals surface area contributed by atoms with E-state index in [-0.39, 0.29) is 11.4 Å². The van der Waals surface area contributed by atoms with Gasteiger partial charge in [-0.25, -0.2) is 9.97 Å². The monoisotopic (exact) mass is 173 g/mol. The number of hydrogen-bond donors (Lipinski definition) is 0. The molecule has 5 heteroatoms. The first kappa shape index (κ1) is 8.95. The number of hydrogen-bond acceptors (Lipinski definition) is 5. The van der Waals surface area contributed by atoms with Crippen molar-refractivity contribution in [1.29, 1.82) is 10.5 Å². The predicted molar refractivity (Wildman–Crippen MR) is 45.8 cm³/mol. The summed E-state index contributed by atoms with van der Waals surface area (Å²) in [6.45, 7) is 0. The molecule has 1 rings (SSSR count). The first-order chi connectivity index (χ1) is 6.19. The zero-order chi connectivity index (χ0) is 9.84. The van der Waals surface area contributed by atoms with E-state index < -0.39 is 0 Å². The van der Waals surface area contributed by atoms with Crippen molar-refractivity contribution in [3.8, 4) is 12.1 Å². The number of anilines is 1. The van der Waals surface area contributed by atoms with Crippen LogP contribution >= 0.6 is 0 Å². The fraction of sp³-hybridized carbons (Fsp3) is 0.250. The van der Waals surface area contributed by atoms with Gasteiger partial charge in [-0.2, -0.15) is 10.5 Å². The van der Waals surface area contributed by atoms with Crippen LogP contribution in [0, 0.1) is 22.7 Å². The van der Waals surface area contributed by atoms with Crippen molar-refractivity contribution in [2.24, 2.45) is 0 Å². The number of nitrogens with zero attached hydrogens (tertiary/aromatic N) is 5. The second-order valence-corrected chi connectivity index (χ2v) is 2.55. The van der Waals surface area contributed by atoms with Gasteiger partial charge in [0.1, 0.15) is 12.1 Å². The molecule has 0 N–H and O–H groups in total. The maximum Gasteiger partial charge on any atom is 0.183 e. The molecule has 0 unspecified atom stereocenters. The van der Waals surface area contributed by atoms with Crippen LogP contribution < -0.4 is 4.90 Å². The van der Waals surface area contributed by atoms with Crippen molar-refractivity contribution < 1.29 is 0 Å². The summed E-state index contributed by atoms with van der Waals surface area (Å²) in [6.07, 6.45) is 1.28. The Morgan fingerprint density at radius 1 is 1.31 bits per heavy atom. The summed E-state index contributed by atoms with van der Waals surface area (Å²) in [6, 6.07) is 3.77. The molecule has 13 heavy (non-hydrogen) atoms. The molecule has 0 aliphatic carbocycles. The Morgan fingerprint density at radius 2 is 2.00 bits per heavy atom. The quantitative estimate of drug-likeness (QED) is 0.609. The van der Waals surface area contributed by atoms with E-state index >= 15 is 0 Å². The van der Waals surface area contributed by atoms with Crippen LogP contribution in [0.2, 0.25) is 0 Å². The van der Waals surface area contributed by atoms with Crippen molar-refractivity contribution in [2.75, 3.05) is 19.0 Å². The molecule has 0 fully saturated rings. The minimum atomic E-state index is 0.211. The molecular weight excluding hydrogens is 166 g/mol. The summed E-state index contributed by atoms with van der Waals surface area (Å²) in [5, 5.41) is 17.2. The summed E-state index contributed by atoms with van der Waals surface area (Å²) >= 11 is 0. The molecule has 0 atom stereocenters. The lowest BCUT2D eigenvalue weighted by Crippen LogP contribution is -2.14. The van der Waals surface area contributed by atoms with E-state index in [9.17, 15) is 0 Å². The molecule has 0 aromatic carbocycles. The Hall–Kier alpha value is -2.14. The van der Waals surface area contributed by atoms with E-state index in [1.54, 1.807) is 19.0 Å². The molecule has 1 heterocycles. The highest BCUT2D eigenvalue weighted by molar-refractivity contribution is 5.49. The van der Waals surface area contributed by atoms with Gasteiger partial charge in [0.25, 0.3) is 0 Å². The lowest BCUT2D eigenvalue weighted by Gasteiger charge is -2.11. The molecular formula is C8H7N5. The Bertz CT molecular complexity index is 396. The largest absolute Gasteiger partial charge is 0.360 e. The lowest BCUT2D eigenvalue weighted by molar-refractivity contribution is 1.01. The van der Waals surface area contributed by atoms with Crippen LogP contribution in [0.5, 0.6) is 0 Å². The first-order valence-electron chi connectivity index (χ1n) is 3.53. The smallest absolute Gasteiger partial charge is 0.183 e. The van der Waals surface area contributed by atoms with Crippen molar-refractivity contribution in [3.63, 3.8) is 0 Å². The first-order valence-corrected chi connectivity index (χ1v) is 3.53. The van der Waals surface area contributed by atoms with E-state index in [2.05, 4.69) is 9.97 Å². The van der Waals surface area contributed by atoms with Crippen molar-refractivity contribution in [3.05, 3.63) is 17.6 Å². The van der Waals surface area contributed by atoms with Crippen LogP contribution in [-0.4, -0.2) is 24.1 Å². The maximum absolute atomic E-state index is 8.67. The normalized spacial score (nSPS) is 8.62. The van der Waals surface area contributed by atoms with Gasteiger partial charge in [0.05, 0.1) is 6.20 Å². The van der Waals surface area contributed by atoms with E-state index in [1.807, 2.05) is 12.1 Å². The third-order valence-electron chi connectivity index (χ3n) is 1.40. The minimum absolute atomic E-state index is 0.211. The molecule has 1 aromatic heterocycles. The maximum atomic E-state index is 8.67. The summed E-state index contributed by atoms with van der Waals surface area (Å²) in [4.78, 5) is 9.39. The van der Waals surface area contributed by atoms with Crippen LogP contribution in [0.25, 0.3) is 0 Å². The second kappa shape index (κ2) is 3.51. The molecule has 64 valence electrons. The highest BCUT2D eigenvalue weighted by Gasteiger charge is 2.08. The van der Waals surface area contributed by atoms with Gasteiger partial charge in [-0.15, -0.1) is 0 Å². The standard InChI is InChI=1S/C8H7N5/c1-13(2)8-7(4-10)11-5-6(3-9)12-8/h5H,1-2H3. The summed E-state index contributed by atoms with van der Waals surface area (Å²) in [5.74, 6) is 0.418. The van der Waals surface area contributed by atoms with E-state index in [4.69, 9.17) is 10.5 Å². The molecule has 5 nitrogen and oxygen atoms in total. The van der Waals surface area contributed by atoms with Gasteiger partial charge >= 0.3 is 0 Å². The highest BCUT2D eigenvalue weighted by Crippen LogP contribution is 2.11. The predicted octanol–water partition coefficient (Wildman–Crippen LogP) is 0.286. The molecule has 1 aromatic rings. The Labute approximate surface area is 75.9 Å². The number of rotatable bonds is 1. The van der Waals surface area contributed by atoms with Crippen molar-refractivity contribution in [2.45, 2.75) is 0 Å². The van der Waals surface area contributed by atoms with Crippen LogP contribution in [0.3, 0.4) is 0 Å². The Kier molecular flexibility index (Phi) is 2.41. The lowest BCUT2D eigenvalue weighted by atomic mass is 10.4. The van der Waals surface area contributed by atoms with Crippen molar-refractivity contribution in [1.82, 2.24) is 9.97 Å². The summed E-state index contributed by atoms with van der Waals surface area (Å²) in [7, 11) is 3.48. The van der Waals surface area contributed by atoms with Crippen LogP contribution in [0.4, 0.5) is 5.82 Å². The number of nitriles is 2. The highest BCUT2D eigenvalue weighted by atomic mass is 15.1. The average Bonchev–Trinajstić information content (AvgIpc) is 2.16. The molecule has 0 bridgehead atoms. The molecule has 0 aliphatic heterocycles.